The van der Waals surface area contributed by atoms with Crippen molar-refractivity contribution in [2.75, 3.05) is 6.54 Å². The summed E-state index contributed by atoms with van der Waals surface area (Å²) in [4.78, 5) is 16.2. The third-order valence-corrected chi connectivity index (χ3v) is 10.2. The molecule has 2 heteroatoms. The molecule has 0 spiro atoms. The van der Waals surface area contributed by atoms with Crippen LogP contribution in [0.5, 0.6) is 0 Å². The SMILES string of the molecule is C=CCCCCCCCCC(=O)N(CCCCCCCCCCCCCC)C12CC3CC(CC(C3)C1)C2. The molecule has 4 aliphatic rings. The van der Waals surface area contributed by atoms with E-state index in [9.17, 15) is 4.79 Å². The summed E-state index contributed by atoms with van der Waals surface area (Å²) in [6, 6.07) is 0. The highest BCUT2D eigenvalue weighted by atomic mass is 16.2. The lowest BCUT2D eigenvalue weighted by Gasteiger charge is -2.60. The maximum atomic E-state index is 13.7. The first-order chi connectivity index (χ1) is 18.2. The van der Waals surface area contributed by atoms with Gasteiger partial charge in [-0.15, -0.1) is 6.58 Å². The molecule has 0 aromatic carbocycles. The second-order valence-corrected chi connectivity index (χ2v) is 13.5. The van der Waals surface area contributed by atoms with E-state index in [0.29, 0.717) is 5.91 Å². The maximum absolute atomic E-state index is 13.7. The van der Waals surface area contributed by atoms with Crippen molar-refractivity contribution in [3.63, 3.8) is 0 Å². The molecule has 4 fully saturated rings. The molecule has 0 aliphatic heterocycles. The van der Waals surface area contributed by atoms with E-state index >= 15 is 0 Å². The first kappa shape index (κ1) is 30.7. The van der Waals surface area contributed by atoms with Gasteiger partial charge in [0, 0.05) is 18.5 Å². The molecule has 4 saturated carbocycles. The van der Waals surface area contributed by atoms with Gasteiger partial charge in [-0.1, -0.05) is 109 Å². The van der Waals surface area contributed by atoms with E-state index in [1.165, 1.54) is 148 Å². The van der Waals surface area contributed by atoms with Gasteiger partial charge in [0.05, 0.1) is 0 Å². The Bertz CT molecular complexity index is 589. The Morgan fingerprint density at radius 3 is 1.59 bits per heavy atom. The topological polar surface area (TPSA) is 20.3 Å². The zero-order valence-electron chi connectivity index (χ0n) is 25.0. The number of amides is 1. The first-order valence-electron chi connectivity index (χ1n) is 17.1. The van der Waals surface area contributed by atoms with Crippen LogP contribution in [-0.4, -0.2) is 22.9 Å². The molecule has 4 aliphatic carbocycles. The van der Waals surface area contributed by atoms with Crippen LogP contribution < -0.4 is 0 Å². The summed E-state index contributed by atoms with van der Waals surface area (Å²) < 4.78 is 0. The van der Waals surface area contributed by atoms with Gasteiger partial charge in [0.1, 0.15) is 0 Å². The molecule has 0 heterocycles. The summed E-state index contributed by atoms with van der Waals surface area (Å²) in [5, 5.41) is 0. The predicted molar refractivity (Wildman–Crippen MR) is 161 cm³/mol. The Hall–Kier alpha value is -0.790. The van der Waals surface area contributed by atoms with E-state index in [4.69, 9.17) is 0 Å². The van der Waals surface area contributed by atoms with Crippen LogP contribution in [0.2, 0.25) is 0 Å². The van der Waals surface area contributed by atoms with Crippen LogP contribution in [0.3, 0.4) is 0 Å². The molecular weight excluding hydrogens is 450 g/mol. The lowest BCUT2D eigenvalue weighted by atomic mass is 9.52. The van der Waals surface area contributed by atoms with Crippen molar-refractivity contribution in [2.45, 2.75) is 179 Å². The summed E-state index contributed by atoms with van der Waals surface area (Å²) in [7, 11) is 0. The summed E-state index contributed by atoms with van der Waals surface area (Å²) in [6.45, 7) is 7.17. The molecule has 0 radical (unpaired) electrons. The molecule has 0 saturated heterocycles. The molecule has 4 bridgehead atoms. The molecular formula is C35H63NO. The van der Waals surface area contributed by atoms with Gasteiger partial charge in [0.15, 0.2) is 0 Å². The largest absolute Gasteiger partial charge is 0.337 e. The molecule has 0 N–H and O–H groups in total. The third-order valence-electron chi connectivity index (χ3n) is 10.2. The second-order valence-electron chi connectivity index (χ2n) is 13.5. The van der Waals surface area contributed by atoms with Crippen LogP contribution in [0.25, 0.3) is 0 Å². The van der Waals surface area contributed by atoms with E-state index in [0.717, 1.165) is 43.6 Å². The van der Waals surface area contributed by atoms with Crippen LogP contribution in [0.4, 0.5) is 0 Å². The third kappa shape index (κ3) is 10.7. The number of rotatable bonds is 23. The molecule has 37 heavy (non-hydrogen) atoms. The normalized spacial score (nSPS) is 26.0. The zero-order valence-corrected chi connectivity index (χ0v) is 25.0. The fourth-order valence-corrected chi connectivity index (χ4v) is 8.54. The number of hydrogen-bond acceptors (Lipinski definition) is 1. The summed E-state index contributed by atoms with van der Waals surface area (Å²) >= 11 is 0. The zero-order chi connectivity index (χ0) is 26.2. The summed E-state index contributed by atoms with van der Waals surface area (Å²) in [5.74, 6) is 3.26. The van der Waals surface area contributed by atoms with E-state index in [1.807, 2.05) is 6.08 Å². The van der Waals surface area contributed by atoms with E-state index in [1.54, 1.807) is 0 Å². The number of allylic oxidation sites excluding steroid dienone is 1. The lowest BCUT2D eigenvalue weighted by Crippen LogP contribution is -2.61. The van der Waals surface area contributed by atoms with Crippen molar-refractivity contribution in [2.24, 2.45) is 17.8 Å². The molecule has 0 aromatic rings. The molecule has 1 amide bonds. The van der Waals surface area contributed by atoms with Gasteiger partial charge in [0.25, 0.3) is 0 Å². The van der Waals surface area contributed by atoms with Gasteiger partial charge in [0.2, 0.25) is 5.91 Å². The number of carbonyl (C=O) groups excluding carboxylic acids is 1. The van der Waals surface area contributed by atoms with Crippen LogP contribution in [0.15, 0.2) is 12.7 Å². The minimum absolute atomic E-state index is 0.244. The van der Waals surface area contributed by atoms with Crippen LogP contribution >= 0.6 is 0 Å². The summed E-state index contributed by atoms with van der Waals surface area (Å²) in [6.07, 6.45) is 36.6. The fourth-order valence-electron chi connectivity index (χ4n) is 8.54. The van der Waals surface area contributed by atoms with E-state index < -0.39 is 0 Å². The number of nitrogens with zero attached hydrogens (tertiary/aromatic N) is 1. The van der Waals surface area contributed by atoms with E-state index in [2.05, 4.69) is 18.4 Å². The van der Waals surface area contributed by atoms with Crippen molar-refractivity contribution in [3.05, 3.63) is 12.7 Å². The molecule has 0 aromatic heterocycles. The van der Waals surface area contributed by atoms with Crippen LogP contribution in [0, 0.1) is 17.8 Å². The van der Waals surface area contributed by atoms with Crippen molar-refractivity contribution >= 4 is 5.91 Å². The smallest absolute Gasteiger partial charge is 0.223 e. The average molecular weight is 514 g/mol. The van der Waals surface area contributed by atoms with Gasteiger partial charge >= 0.3 is 0 Å². The van der Waals surface area contributed by atoms with Gasteiger partial charge in [-0.05, 0) is 82.0 Å². The molecule has 214 valence electrons. The Morgan fingerprint density at radius 2 is 1.11 bits per heavy atom. The Labute approximate surface area is 231 Å². The monoisotopic (exact) mass is 513 g/mol. The quantitative estimate of drug-likeness (QED) is 0.0982. The number of unbranched alkanes of at least 4 members (excludes halogenated alkanes) is 17. The van der Waals surface area contributed by atoms with Gasteiger partial charge in [-0.2, -0.15) is 0 Å². The highest BCUT2D eigenvalue weighted by Crippen LogP contribution is 2.58. The van der Waals surface area contributed by atoms with Crippen molar-refractivity contribution in [1.29, 1.82) is 0 Å². The van der Waals surface area contributed by atoms with E-state index in [-0.39, 0.29) is 5.54 Å². The minimum Gasteiger partial charge on any atom is -0.337 e. The van der Waals surface area contributed by atoms with Gasteiger partial charge in [-0.25, -0.2) is 0 Å². The predicted octanol–water partition coefficient (Wildman–Crippen LogP) is 10.8. The molecule has 0 unspecified atom stereocenters. The van der Waals surface area contributed by atoms with Gasteiger partial charge in [-0.3, -0.25) is 4.79 Å². The highest BCUT2D eigenvalue weighted by molar-refractivity contribution is 5.77. The Kier molecular flexibility index (Phi) is 14.7. The second kappa shape index (κ2) is 17.7. The first-order valence-corrected chi connectivity index (χ1v) is 17.1. The standard InChI is InChI=1S/C35H63NO/c1-3-5-7-9-11-13-14-15-16-18-20-22-24-36(34(37)23-21-19-17-12-10-8-6-4-2)35-28-31-25-32(29-35)27-33(26-31)30-35/h4,31-33H,2-3,5-30H2,1H3. The Morgan fingerprint density at radius 1 is 0.676 bits per heavy atom. The number of hydrogen-bond donors (Lipinski definition) is 0. The lowest BCUT2D eigenvalue weighted by molar-refractivity contribution is -0.151. The maximum Gasteiger partial charge on any atom is 0.223 e. The van der Waals surface area contributed by atoms with Crippen molar-refractivity contribution in [3.8, 4) is 0 Å². The summed E-state index contributed by atoms with van der Waals surface area (Å²) in [5.41, 5.74) is 0.244. The fraction of sp³-hybridized carbons (Fsp3) is 0.914. The Balaban J connectivity index is 1.36. The van der Waals surface area contributed by atoms with Crippen molar-refractivity contribution in [1.82, 2.24) is 4.90 Å². The average Bonchev–Trinajstić information content (AvgIpc) is 2.87. The van der Waals surface area contributed by atoms with Gasteiger partial charge < -0.3 is 4.90 Å². The van der Waals surface area contributed by atoms with Crippen LogP contribution in [-0.2, 0) is 4.79 Å². The molecule has 4 rings (SSSR count). The minimum atomic E-state index is 0.244. The van der Waals surface area contributed by atoms with Crippen LogP contribution in [0.1, 0.15) is 174 Å². The molecule has 0 atom stereocenters. The number of carbonyl (C=O) groups is 1. The van der Waals surface area contributed by atoms with Crippen molar-refractivity contribution < 1.29 is 4.79 Å². The molecule has 2 nitrogen and oxygen atoms in total. The highest BCUT2D eigenvalue weighted by Gasteiger charge is 2.54.